The molecule has 0 aliphatic rings. The number of benzene rings is 8. The fourth-order valence-corrected chi connectivity index (χ4v) is 13.4. The maximum Gasteiger partial charge on any atom is 0.0896 e. The highest BCUT2D eigenvalue weighted by molar-refractivity contribution is 7.88. The Balaban J connectivity index is 0.000000282. The van der Waals surface area contributed by atoms with Crippen molar-refractivity contribution in [1.29, 1.82) is 0 Å². The molecule has 0 aromatic heterocycles. The van der Waals surface area contributed by atoms with Gasteiger partial charge in [0.2, 0.25) is 0 Å². The van der Waals surface area contributed by atoms with Gasteiger partial charge in [-0.15, -0.1) is 0 Å². The van der Waals surface area contributed by atoms with E-state index in [-0.39, 0.29) is 0 Å². The summed E-state index contributed by atoms with van der Waals surface area (Å²) in [5, 5.41) is 5.50. The van der Waals surface area contributed by atoms with E-state index in [4.69, 9.17) is 9.98 Å². The van der Waals surface area contributed by atoms with Crippen LogP contribution in [0.3, 0.4) is 0 Å². The van der Waals surface area contributed by atoms with Gasteiger partial charge in [0.1, 0.15) is 0 Å². The summed E-state index contributed by atoms with van der Waals surface area (Å²) in [6.07, 6.45) is 11.2. The predicted molar refractivity (Wildman–Crippen MR) is 329 cm³/mol. The van der Waals surface area contributed by atoms with E-state index >= 15 is 0 Å². The van der Waals surface area contributed by atoms with Crippen LogP contribution in [0.1, 0.15) is 86.5 Å². The lowest BCUT2D eigenvalue weighted by Gasteiger charge is -2.22. The molecule has 8 heteroatoms. The predicted octanol–water partition coefficient (Wildman–Crippen LogP) is 16.1. The van der Waals surface area contributed by atoms with Crippen molar-refractivity contribution in [3.05, 3.63) is 265 Å². The average Bonchev–Trinajstić information content (AvgIpc) is 3.49. The summed E-state index contributed by atoms with van der Waals surface area (Å²) in [6, 6.07) is 91.2. The van der Waals surface area contributed by atoms with Crippen LogP contribution in [0.15, 0.2) is 273 Å². The zero-order valence-electron chi connectivity index (χ0n) is 44.0. The van der Waals surface area contributed by atoms with Crippen molar-refractivity contribution < 1.29 is 0 Å². The summed E-state index contributed by atoms with van der Waals surface area (Å²) in [5.74, 6) is 0. The van der Waals surface area contributed by atoms with Gasteiger partial charge in [-0.1, -0.05) is 262 Å². The summed E-state index contributed by atoms with van der Waals surface area (Å²) in [6.45, 7) is 4.27. The zero-order chi connectivity index (χ0) is 52.2. The van der Waals surface area contributed by atoms with Crippen molar-refractivity contribution in [2.45, 2.75) is 90.4 Å². The minimum Gasteiger partial charge on any atom is -0.284 e. The maximum atomic E-state index is 5.36. The van der Waals surface area contributed by atoms with Crippen LogP contribution in [0, 0.1) is 0 Å². The van der Waals surface area contributed by atoms with E-state index in [2.05, 4.69) is 238 Å². The van der Waals surface area contributed by atoms with E-state index in [0.29, 0.717) is 13.1 Å². The molecule has 0 spiro atoms. The van der Waals surface area contributed by atoms with Crippen molar-refractivity contribution in [3.8, 4) is 0 Å². The molecular weight excluding hydrogens is 963 g/mol. The summed E-state index contributed by atoms with van der Waals surface area (Å²) in [7, 11) is -1.37. The Hall–Kier alpha value is -7.28. The number of rotatable bonds is 28. The molecule has 0 atom stereocenters. The molecule has 0 bridgehead atoms. The quantitative estimate of drug-likeness (QED) is 0.0266. The third kappa shape index (κ3) is 21.2. The summed E-state index contributed by atoms with van der Waals surface area (Å²) in [5.41, 5.74) is 7.58. The van der Waals surface area contributed by atoms with Crippen LogP contribution in [-0.4, -0.2) is 36.0 Å². The number of unbranched alkanes of at least 4 members (excludes halogenated alkanes) is 6. The Morgan fingerprint density at radius 3 is 0.816 bits per heavy atom. The van der Waals surface area contributed by atoms with Gasteiger partial charge in [0.05, 0.1) is 38.2 Å². The summed E-state index contributed by atoms with van der Waals surface area (Å²) < 4.78 is 0. The Bertz CT molecular complexity index is 2700. The van der Waals surface area contributed by atoms with Gasteiger partial charge in [0.25, 0.3) is 0 Å². The molecule has 0 fully saturated rings. The number of aliphatic imine (C=N–C) groups is 6. The topological polar surface area (TPSA) is 74.2 Å². The van der Waals surface area contributed by atoms with Gasteiger partial charge < -0.3 is 0 Å². The second-order valence-corrected chi connectivity index (χ2v) is 22.8. The lowest BCUT2D eigenvalue weighted by molar-refractivity contribution is 0.633. The molecule has 0 aliphatic heterocycles. The molecule has 8 rings (SSSR count). The Morgan fingerprint density at radius 2 is 0.513 bits per heavy atom. The van der Waals surface area contributed by atoms with Crippen LogP contribution in [0.5, 0.6) is 0 Å². The largest absolute Gasteiger partial charge is 0.284 e. The summed E-state index contributed by atoms with van der Waals surface area (Å²) in [4.78, 5) is 27.4. The smallest absolute Gasteiger partial charge is 0.0896 e. The first-order chi connectivity index (χ1) is 37.8. The molecule has 0 N–H and O–H groups in total. The van der Waals surface area contributed by atoms with Crippen molar-refractivity contribution in [1.82, 2.24) is 0 Å². The second kappa shape index (κ2) is 35.1. The normalized spacial score (nSPS) is 11.2. The van der Waals surface area contributed by atoms with E-state index in [1.165, 1.54) is 73.6 Å². The third-order valence-corrected chi connectivity index (χ3v) is 17.5. The van der Waals surface area contributed by atoms with Gasteiger partial charge in [0, 0.05) is 39.8 Å². The summed E-state index contributed by atoms with van der Waals surface area (Å²) >= 11 is 0. The van der Waals surface area contributed by atoms with Gasteiger partial charge in [-0.2, -0.15) is 0 Å². The highest BCUT2D eigenvalue weighted by atomic mass is 31.1. The minimum atomic E-state index is -0.686. The van der Waals surface area contributed by atoms with Crippen LogP contribution in [0.4, 0.5) is 0 Å². The van der Waals surface area contributed by atoms with Gasteiger partial charge in [-0.3, -0.25) is 9.98 Å². The molecule has 0 radical (unpaired) electrons. The average molecular weight is 1040 g/mol. The monoisotopic (exact) mass is 1030 g/mol. The van der Waals surface area contributed by atoms with Crippen LogP contribution < -0.4 is 21.2 Å². The van der Waals surface area contributed by atoms with E-state index < -0.39 is 15.8 Å². The first kappa shape index (κ1) is 56.4. The zero-order valence-corrected chi connectivity index (χ0v) is 45.8. The Labute approximate surface area is 456 Å². The molecular formula is C68H72N6P2. The van der Waals surface area contributed by atoms with Gasteiger partial charge in [-0.05, 0) is 88.4 Å². The Morgan fingerprint density at radius 1 is 0.263 bits per heavy atom. The van der Waals surface area contributed by atoms with Gasteiger partial charge in [-0.25, -0.2) is 20.0 Å². The van der Waals surface area contributed by atoms with Crippen molar-refractivity contribution >= 4 is 60.0 Å². The van der Waals surface area contributed by atoms with Crippen LogP contribution in [-0.2, 0) is 26.2 Å². The second-order valence-electron chi connectivity index (χ2n) is 18.3. The van der Waals surface area contributed by atoms with E-state index in [1.54, 1.807) is 0 Å². The maximum absolute atomic E-state index is 5.36. The number of hydrogen-bond donors (Lipinski definition) is 0. The SMILES string of the molecule is C(=NCCCCCN=C=NCc1ccccc1)=NCc1ccccc1.c1ccc(CN=C(CCCCCCCC(=NCc2ccccc2)P(c2ccccc2)c2ccccc2)P(c2ccccc2)c2ccccc2)cc1. The van der Waals surface area contributed by atoms with Crippen molar-refractivity contribution in [2.75, 3.05) is 13.1 Å². The molecule has 0 heterocycles. The third-order valence-electron chi connectivity index (χ3n) is 12.5. The van der Waals surface area contributed by atoms with Crippen molar-refractivity contribution in [3.63, 3.8) is 0 Å². The minimum absolute atomic E-state index is 0.640. The van der Waals surface area contributed by atoms with Crippen LogP contribution >= 0.6 is 15.8 Å². The highest BCUT2D eigenvalue weighted by Gasteiger charge is 2.22. The fourth-order valence-electron chi connectivity index (χ4n) is 8.53. The number of hydrogen-bond acceptors (Lipinski definition) is 6. The molecule has 384 valence electrons. The van der Waals surface area contributed by atoms with Gasteiger partial charge in [0.15, 0.2) is 0 Å². The molecule has 6 nitrogen and oxygen atoms in total. The standard InChI is InChI=1S/C47H48N2P2.C21H24N4/c1(2-22-36-46(48-38-40-24-10-4-11-25-40)50(42-28-14-6-15-29-42)43-30-16-7-17-31-43)3-23-37-47(49-39-41-26-12-5-13-27-41)51(44-32-18-8-19-33-44)45-34-20-9-21-35-45;1-4-10-20(11-5-1)16-24-18-22-14-8-3-9-15-23-19-25-17-21-12-6-2-7-13-21/h4-21,24-35H,1-3,22-23,36-39H2;1-2,4-7,10-13H,3,8-9,14-17H2. The van der Waals surface area contributed by atoms with E-state index in [0.717, 1.165) is 71.1 Å². The lowest BCUT2D eigenvalue weighted by Crippen LogP contribution is -2.18. The molecule has 76 heavy (non-hydrogen) atoms. The molecule has 0 amide bonds. The molecule has 0 saturated carbocycles. The first-order valence-electron chi connectivity index (χ1n) is 27.0. The molecule has 0 aliphatic carbocycles. The molecule has 8 aromatic carbocycles. The molecule has 0 unspecified atom stereocenters. The van der Waals surface area contributed by atoms with Crippen LogP contribution in [0.25, 0.3) is 0 Å². The lowest BCUT2D eigenvalue weighted by atomic mass is 10.1. The Kier molecular flexibility index (Phi) is 26.0. The highest BCUT2D eigenvalue weighted by Crippen LogP contribution is 2.40. The van der Waals surface area contributed by atoms with Crippen LogP contribution in [0.2, 0.25) is 0 Å². The van der Waals surface area contributed by atoms with E-state index in [9.17, 15) is 0 Å². The first-order valence-corrected chi connectivity index (χ1v) is 29.7. The van der Waals surface area contributed by atoms with Crippen molar-refractivity contribution in [2.24, 2.45) is 30.0 Å². The molecule has 8 aromatic rings. The van der Waals surface area contributed by atoms with Gasteiger partial charge >= 0.3 is 0 Å². The molecule has 0 saturated heterocycles. The number of nitrogens with zero attached hydrogens (tertiary/aromatic N) is 6. The fraction of sp³-hybridized carbons (Fsp3) is 0.235. The van der Waals surface area contributed by atoms with E-state index in [1.807, 2.05) is 36.4 Å².